The lowest BCUT2D eigenvalue weighted by Crippen LogP contribution is -2.55. The summed E-state index contributed by atoms with van der Waals surface area (Å²) in [5.74, 6) is 0.217. The van der Waals surface area contributed by atoms with Crippen molar-refractivity contribution in [1.29, 1.82) is 0 Å². The van der Waals surface area contributed by atoms with Crippen molar-refractivity contribution in [3.63, 3.8) is 0 Å². The Morgan fingerprint density at radius 1 is 1.02 bits per heavy atom. The topological polar surface area (TPSA) is 156 Å². The van der Waals surface area contributed by atoms with Crippen LogP contribution in [0.15, 0.2) is 84.3 Å². The fourth-order valence-electron chi connectivity index (χ4n) is 9.15. The van der Waals surface area contributed by atoms with Crippen LogP contribution in [0.5, 0.6) is 11.5 Å². The van der Waals surface area contributed by atoms with Crippen molar-refractivity contribution in [2.24, 2.45) is 5.41 Å². The van der Waals surface area contributed by atoms with Crippen molar-refractivity contribution in [1.82, 2.24) is 20.5 Å². The summed E-state index contributed by atoms with van der Waals surface area (Å²) in [6, 6.07) is 18.9. The van der Waals surface area contributed by atoms with Crippen LogP contribution in [0.2, 0.25) is 0 Å². The third-order valence-electron chi connectivity index (χ3n) is 12.5. The second kappa shape index (κ2) is 17.1. The normalized spacial score (nSPS) is 28.0. The van der Waals surface area contributed by atoms with Gasteiger partial charge >= 0.3 is 6.09 Å². The quantitative estimate of drug-likeness (QED) is 0.111. The first-order valence-electron chi connectivity index (χ1n) is 20.8. The largest absolute Gasteiger partial charge is 0.497 e. The number of amides is 3. The molecule has 2 saturated carbocycles. The maximum absolute atomic E-state index is 14.8. The maximum atomic E-state index is 14.8. The summed E-state index contributed by atoms with van der Waals surface area (Å²) < 4.78 is 32.6. The number of nitrogens with one attached hydrogen (secondary N) is 2. The summed E-state index contributed by atoms with van der Waals surface area (Å²) in [6.07, 6.45) is 9.85. The molecule has 12 nitrogen and oxygen atoms in total. The number of aromatic nitrogens is 1. The smallest absolute Gasteiger partial charge is 0.408 e. The van der Waals surface area contributed by atoms with Crippen LogP contribution in [0.1, 0.15) is 82.4 Å². The Kier molecular flexibility index (Phi) is 11.9. The molecule has 4 aliphatic rings. The molecule has 0 bridgehead atoms. The van der Waals surface area contributed by atoms with E-state index in [1.807, 2.05) is 91.2 Å². The van der Waals surface area contributed by atoms with Gasteiger partial charge in [-0.25, -0.2) is 9.78 Å². The summed E-state index contributed by atoms with van der Waals surface area (Å²) in [4.78, 5) is 62.1. The van der Waals surface area contributed by atoms with Crippen LogP contribution in [0.25, 0.3) is 22.2 Å². The summed E-state index contributed by atoms with van der Waals surface area (Å²) in [5.41, 5.74) is 1.45. The summed E-state index contributed by atoms with van der Waals surface area (Å²) >= 11 is 1.41. The fourth-order valence-corrected chi connectivity index (χ4v) is 13.0. The highest BCUT2D eigenvalue weighted by atomic mass is 32.1. The van der Waals surface area contributed by atoms with Crippen LogP contribution in [0.4, 0.5) is 4.79 Å². The molecule has 59 heavy (non-hydrogen) atoms. The molecule has 2 aromatic heterocycles. The molecule has 0 radical (unpaired) electrons. The highest BCUT2D eigenvalue weighted by molar-refractivity contribution is 7.59. The van der Waals surface area contributed by atoms with E-state index < -0.39 is 54.2 Å². The van der Waals surface area contributed by atoms with Crippen LogP contribution in [0.3, 0.4) is 0 Å². The number of thiophene rings is 1. The van der Waals surface area contributed by atoms with Crippen molar-refractivity contribution >= 4 is 47.5 Å². The van der Waals surface area contributed by atoms with Crippen molar-refractivity contribution in [2.45, 2.75) is 113 Å². The minimum atomic E-state index is -4.07. The standard InChI is InChI=1S/C45H53N4O8PS/c1-44-22-12-5-3-4-9-19-36(47-43(52)57-31-16-10-11-17-31)42(51)49-27-33(25-39(49)41(50)48-45(44,29-44)58(53,54)28-34-18-13-23-59-34)56-40-26-37(30-14-7-6-8-15-30)46-38-24-32(55-2)20-21-35(38)40/h6-8,12-15,18,20-24,26,31,33,36,39H,3-5,9-11,16-17,19,25,27-29H2,1-2H3,(H,47,52)(H,48,50)(H,53,54)/b22-12-/t33?,36-,39-,44?,45-/m0/s1. The van der Waals surface area contributed by atoms with Gasteiger partial charge in [-0.3, -0.25) is 14.2 Å². The molecule has 3 amide bonds. The van der Waals surface area contributed by atoms with Gasteiger partial charge in [0.2, 0.25) is 19.2 Å². The number of hydrogen-bond donors (Lipinski definition) is 3. The van der Waals surface area contributed by atoms with Gasteiger partial charge in [0.25, 0.3) is 0 Å². The minimum absolute atomic E-state index is 0.0452. The number of carbonyl (C=O) groups excluding carboxylic acids is 3. The van der Waals surface area contributed by atoms with Gasteiger partial charge in [-0.2, -0.15) is 0 Å². The number of pyridine rings is 1. The van der Waals surface area contributed by atoms with E-state index in [4.69, 9.17) is 19.2 Å². The van der Waals surface area contributed by atoms with E-state index >= 15 is 0 Å². The predicted octanol–water partition coefficient (Wildman–Crippen LogP) is 8.57. The molecule has 3 unspecified atom stereocenters. The molecule has 14 heteroatoms. The fraction of sp³-hybridized carbons (Fsp3) is 0.467. The number of rotatable bonds is 9. The van der Waals surface area contributed by atoms with E-state index in [0.717, 1.165) is 60.8 Å². The lowest BCUT2D eigenvalue weighted by atomic mass is 10.0. The number of fused-ring (bicyclic) bond motifs is 3. The Balaban J connectivity index is 1.14. The molecule has 2 aromatic carbocycles. The zero-order chi connectivity index (χ0) is 41.2. The lowest BCUT2D eigenvalue weighted by Gasteiger charge is -2.32. The second-order valence-electron chi connectivity index (χ2n) is 16.7. The lowest BCUT2D eigenvalue weighted by molar-refractivity contribution is -0.140. The van der Waals surface area contributed by atoms with Gasteiger partial charge in [-0.1, -0.05) is 68.3 Å². The molecule has 0 spiro atoms. The molecule has 1 saturated heterocycles. The van der Waals surface area contributed by atoms with Crippen LogP contribution in [-0.4, -0.2) is 75.9 Å². The Bertz CT molecular complexity index is 2250. The molecular formula is C45H53N4O8PS. The molecule has 4 heterocycles. The first-order valence-corrected chi connectivity index (χ1v) is 23.5. The van der Waals surface area contributed by atoms with E-state index in [1.165, 1.54) is 16.2 Å². The SMILES string of the molecule is COc1ccc2c(OC3C[C@H]4C(=O)N[C@]5(P(=O)(O)Cc6cccs6)CC5(C)/C=C\CCCCC[C@H](NC(=O)OC5CCCC5)C(=O)N4C3)cc(-c3ccccc3)nc2c1. The van der Waals surface area contributed by atoms with E-state index in [0.29, 0.717) is 35.6 Å². The minimum Gasteiger partial charge on any atom is -0.497 e. The number of hydrogen-bond acceptors (Lipinski definition) is 9. The van der Waals surface area contributed by atoms with Gasteiger partial charge in [-0.15, -0.1) is 11.3 Å². The van der Waals surface area contributed by atoms with Crippen LogP contribution in [-0.2, 0) is 25.1 Å². The van der Waals surface area contributed by atoms with Gasteiger partial charge < -0.3 is 34.6 Å². The number of ether oxygens (including phenoxy) is 3. The Hall–Kier alpha value is -4.71. The van der Waals surface area contributed by atoms with E-state index in [-0.39, 0.29) is 31.7 Å². The third-order valence-corrected chi connectivity index (χ3v) is 16.4. The number of alkyl carbamates (subject to hydrolysis) is 1. The average molecular weight is 841 g/mol. The molecule has 6 atom stereocenters. The average Bonchev–Trinajstić information content (AvgIpc) is 3.80. The molecule has 2 aliphatic heterocycles. The van der Waals surface area contributed by atoms with Gasteiger partial charge in [-0.05, 0) is 74.9 Å². The number of nitrogens with zero attached hydrogens (tertiary/aromatic N) is 2. The van der Waals surface area contributed by atoms with Crippen molar-refractivity contribution in [3.8, 4) is 22.8 Å². The van der Waals surface area contributed by atoms with Crippen molar-refractivity contribution in [3.05, 3.63) is 89.1 Å². The highest BCUT2D eigenvalue weighted by Crippen LogP contribution is 2.77. The van der Waals surface area contributed by atoms with E-state index in [2.05, 4.69) is 10.6 Å². The summed E-state index contributed by atoms with van der Waals surface area (Å²) in [5, 5.41) is 7.15. The molecule has 4 aromatic rings. The summed E-state index contributed by atoms with van der Waals surface area (Å²) in [6.45, 7) is 1.97. The molecule has 3 N–H and O–H groups in total. The van der Waals surface area contributed by atoms with Crippen LogP contribution >= 0.6 is 18.7 Å². The summed E-state index contributed by atoms with van der Waals surface area (Å²) in [7, 11) is -2.47. The molecule has 8 rings (SSSR count). The Labute approximate surface area is 349 Å². The molecule has 312 valence electrons. The predicted molar refractivity (Wildman–Crippen MR) is 228 cm³/mol. The van der Waals surface area contributed by atoms with Crippen LogP contribution in [0, 0.1) is 5.41 Å². The molecule has 3 fully saturated rings. The third kappa shape index (κ3) is 8.65. The molecule has 2 aliphatic carbocycles. The van der Waals surface area contributed by atoms with Gasteiger partial charge in [0.1, 0.15) is 41.1 Å². The Morgan fingerprint density at radius 3 is 2.58 bits per heavy atom. The van der Waals surface area contributed by atoms with Gasteiger partial charge in [0.05, 0.1) is 31.0 Å². The number of methoxy groups -OCH3 is 1. The maximum Gasteiger partial charge on any atom is 0.408 e. The van der Waals surface area contributed by atoms with E-state index in [1.54, 1.807) is 7.11 Å². The second-order valence-corrected chi connectivity index (χ2v) is 20.2. The van der Waals surface area contributed by atoms with Crippen molar-refractivity contribution in [2.75, 3.05) is 13.7 Å². The van der Waals surface area contributed by atoms with E-state index in [9.17, 15) is 23.8 Å². The zero-order valence-corrected chi connectivity index (χ0v) is 35.4. The van der Waals surface area contributed by atoms with Crippen LogP contribution < -0.4 is 20.1 Å². The zero-order valence-electron chi connectivity index (χ0n) is 33.6. The first-order chi connectivity index (χ1) is 28.5. The number of carbonyl (C=O) groups is 3. The molecular weight excluding hydrogens is 788 g/mol. The Morgan fingerprint density at radius 2 is 1.81 bits per heavy atom. The first kappa shape index (κ1) is 41.0. The number of benzene rings is 2. The number of allylic oxidation sites excluding steroid dienone is 1. The monoisotopic (exact) mass is 840 g/mol. The van der Waals surface area contributed by atoms with Gasteiger partial charge in [0.15, 0.2) is 0 Å². The van der Waals surface area contributed by atoms with Gasteiger partial charge in [0, 0.05) is 39.8 Å². The van der Waals surface area contributed by atoms with Crippen molar-refractivity contribution < 1.29 is 38.1 Å². The highest BCUT2D eigenvalue weighted by Gasteiger charge is 2.73.